The van der Waals surface area contributed by atoms with Crippen molar-refractivity contribution in [2.24, 2.45) is 0 Å². The Morgan fingerprint density at radius 3 is 1.95 bits per heavy atom. The molecule has 3 rings (SSSR count). The standard InChI is InChI=1S/C17H14N2/c1-13-12-18-19-17(15-10-6-3-7-11-15)16(13)14-8-4-2-5-9-14/h2-12H,1H3. The molecule has 3 aromatic rings. The first kappa shape index (κ1) is 11.6. The summed E-state index contributed by atoms with van der Waals surface area (Å²) in [7, 11) is 0. The fourth-order valence-electron chi connectivity index (χ4n) is 2.24. The first-order valence-electron chi connectivity index (χ1n) is 6.29. The molecule has 0 N–H and O–H groups in total. The van der Waals surface area contributed by atoms with Crippen LogP contribution in [0.5, 0.6) is 0 Å². The zero-order valence-corrected chi connectivity index (χ0v) is 10.7. The van der Waals surface area contributed by atoms with Gasteiger partial charge < -0.3 is 0 Å². The molecule has 2 nitrogen and oxygen atoms in total. The summed E-state index contributed by atoms with van der Waals surface area (Å²) in [6.07, 6.45) is 1.81. The van der Waals surface area contributed by atoms with Gasteiger partial charge in [-0.05, 0) is 18.1 Å². The molecule has 0 saturated heterocycles. The van der Waals surface area contributed by atoms with Crippen molar-refractivity contribution in [2.75, 3.05) is 0 Å². The zero-order valence-electron chi connectivity index (χ0n) is 10.7. The Hall–Kier alpha value is -2.48. The Bertz CT molecular complexity index is 676. The fraction of sp³-hybridized carbons (Fsp3) is 0.0588. The molecule has 0 bridgehead atoms. The van der Waals surface area contributed by atoms with E-state index in [9.17, 15) is 0 Å². The van der Waals surface area contributed by atoms with Gasteiger partial charge in [0, 0.05) is 11.1 Å². The van der Waals surface area contributed by atoms with Crippen molar-refractivity contribution in [3.8, 4) is 22.4 Å². The quantitative estimate of drug-likeness (QED) is 0.679. The highest BCUT2D eigenvalue weighted by molar-refractivity contribution is 5.82. The van der Waals surface area contributed by atoms with Crippen LogP contribution in [0.3, 0.4) is 0 Å². The molecule has 2 heteroatoms. The SMILES string of the molecule is Cc1cnnc(-c2ccccc2)c1-c1ccccc1. The maximum atomic E-state index is 4.34. The Labute approximate surface area is 112 Å². The Balaban J connectivity index is 2.25. The monoisotopic (exact) mass is 246 g/mol. The van der Waals surface area contributed by atoms with Crippen LogP contribution in [0, 0.1) is 6.92 Å². The summed E-state index contributed by atoms with van der Waals surface area (Å²) in [6.45, 7) is 2.07. The van der Waals surface area contributed by atoms with E-state index in [0.717, 1.165) is 22.4 Å². The van der Waals surface area contributed by atoms with Gasteiger partial charge >= 0.3 is 0 Å². The van der Waals surface area contributed by atoms with Crippen LogP contribution >= 0.6 is 0 Å². The van der Waals surface area contributed by atoms with Crippen molar-refractivity contribution in [3.63, 3.8) is 0 Å². The normalized spacial score (nSPS) is 10.4. The second-order valence-corrected chi connectivity index (χ2v) is 4.48. The first-order valence-corrected chi connectivity index (χ1v) is 6.29. The summed E-state index contributed by atoms with van der Waals surface area (Å²) in [6, 6.07) is 20.5. The van der Waals surface area contributed by atoms with Gasteiger partial charge in [0.05, 0.1) is 6.20 Å². The molecule has 0 aliphatic heterocycles. The van der Waals surface area contributed by atoms with E-state index in [1.165, 1.54) is 5.56 Å². The van der Waals surface area contributed by atoms with Crippen LogP contribution in [-0.4, -0.2) is 10.2 Å². The van der Waals surface area contributed by atoms with Crippen molar-refractivity contribution in [1.29, 1.82) is 0 Å². The highest BCUT2D eigenvalue weighted by Gasteiger charge is 2.11. The van der Waals surface area contributed by atoms with Crippen LogP contribution in [0.4, 0.5) is 0 Å². The molecule has 0 aliphatic carbocycles. The molecule has 0 fully saturated rings. The predicted molar refractivity (Wildman–Crippen MR) is 77.6 cm³/mol. The van der Waals surface area contributed by atoms with Crippen molar-refractivity contribution in [1.82, 2.24) is 10.2 Å². The molecule has 2 aromatic carbocycles. The number of hydrogen-bond acceptors (Lipinski definition) is 2. The lowest BCUT2D eigenvalue weighted by molar-refractivity contribution is 1.02. The molecule has 0 aliphatic rings. The molecule has 0 saturated carbocycles. The van der Waals surface area contributed by atoms with Gasteiger partial charge in [0.25, 0.3) is 0 Å². The van der Waals surface area contributed by atoms with Crippen LogP contribution < -0.4 is 0 Å². The summed E-state index contributed by atoms with van der Waals surface area (Å²) in [5.41, 5.74) is 5.50. The van der Waals surface area contributed by atoms with E-state index in [-0.39, 0.29) is 0 Å². The lowest BCUT2D eigenvalue weighted by Crippen LogP contribution is -1.95. The molecular formula is C17H14N2. The molecule has 19 heavy (non-hydrogen) atoms. The molecular weight excluding hydrogens is 232 g/mol. The predicted octanol–water partition coefficient (Wildman–Crippen LogP) is 4.12. The van der Waals surface area contributed by atoms with E-state index in [1.807, 2.05) is 42.6 Å². The zero-order chi connectivity index (χ0) is 13.1. The smallest absolute Gasteiger partial charge is 0.101 e. The van der Waals surface area contributed by atoms with Gasteiger partial charge in [0.1, 0.15) is 5.69 Å². The Morgan fingerprint density at radius 2 is 1.32 bits per heavy atom. The Kier molecular flexibility index (Phi) is 3.07. The molecule has 0 amide bonds. The molecule has 1 heterocycles. The van der Waals surface area contributed by atoms with E-state index in [1.54, 1.807) is 0 Å². The van der Waals surface area contributed by atoms with Crippen LogP contribution in [0.2, 0.25) is 0 Å². The largest absolute Gasteiger partial charge is 0.158 e. The maximum absolute atomic E-state index is 4.34. The second-order valence-electron chi connectivity index (χ2n) is 4.48. The molecule has 0 atom stereocenters. The van der Waals surface area contributed by atoms with Crippen LogP contribution in [0.1, 0.15) is 5.56 Å². The number of aryl methyl sites for hydroxylation is 1. The number of rotatable bonds is 2. The van der Waals surface area contributed by atoms with Gasteiger partial charge in [-0.25, -0.2) is 0 Å². The van der Waals surface area contributed by atoms with Crippen LogP contribution in [0.15, 0.2) is 66.9 Å². The third kappa shape index (κ3) is 2.25. The summed E-state index contributed by atoms with van der Waals surface area (Å²) >= 11 is 0. The third-order valence-electron chi connectivity index (χ3n) is 3.15. The maximum Gasteiger partial charge on any atom is 0.101 e. The summed E-state index contributed by atoms with van der Waals surface area (Å²) in [5.74, 6) is 0. The number of aromatic nitrogens is 2. The molecule has 92 valence electrons. The van der Waals surface area contributed by atoms with E-state index >= 15 is 0 Å². The third-order valence-corrected chi connectivity index (χ3v) is 3.15. The fourth-order valence-corrected chi connectivity index (χ4v) is 2.24. The minimum Gasteiger partial charge on any atom is -0.158 e. The van der Waals surface area contributed by atoms with Gasteiger partial charge in [-0.3, -0.25) is 0 Å². The number of benzene rings is 2. The summed E-state index contributed by atoms with van der Waals surface area (Å²) in [4.78, 5) is 0. The van der Waals surface area contributed by atoms with Gasteiger partial charge in [-0.2, -0.15) is 5.10 Å². The average molecular weight is 246 g/mol. The topological polar surface area (TPSA) is 25.8 Å². The average Bonchev–Trinajstić information content (AvgIpc) is 2.49. The van der Waals surface area contributed by atoms with Crippen LogP contribution in [0.25, 0.3) is 22.4 Å². The molecule has 0 unspecified atom stereocenters. The molecule has 0 spiro atoms. The second kappa shape index (κ2) is 5.02. The summed E-state index contributed by atoms with van der Waals surface area (Å²) < 4.78 is 0. The minimum atomic E-state index is 0.937. The van der Waals surface area contributed by atoms with Gasteiger partial charge in [-0.1, -0.05) is 60.7 Å². The lowest BCUT2D eigenvalue weighted by atomic mass is 9.97. The number of nitrogens with zero attached hydrogens (tertiary/aromatic N) is 2. The molecule has 0 radical (unpaired) electrons. The van der Waals surface area contributed by atoms with Crippen molar-refractivity contribution < 1.29 is 0 Å². The van der Waals surface area contributed by atoms with Gasteiger partial charge in [0.2, 0.25) is 0 Å². The van der Waals surface area contributed by atoms with E-state index in [2.05, 4.69) is 41.4 Å². The molecule has 1 aromatic heterocycles. The van der Waals surface area contributed by atoms with E-state index in [4.69, 9.17) is 0 Å². The lowest BCUT2D eigenvalue weighted by Gasteiger charge is -2.11. The van der Waals surface area contributed by atoms with E-state index < -0.39 is 0 Å². The highest BCUT2D eigenvalue weighted by Crippen LogP contribution is 2.31. The van der Waals surface area contributed by atoms with Crippen molar-refractivity contribution in [2.45, 2.75) is 6.92 Å². The van der Waals surface area contributed by atoms with Crippen LogP contribution in [-0.2, 0) is 0 Å². The van der Waals surface area contributed by atoms with Gasteiger partial charge in [-0.15, -0.1) is 5.10 Å². The van der Waals surface area contributed by atoms with Gasteiger partial charge in [0.15, 0.2) is 0 Å². The first-order chi connectivity index (χ1) is 9.36. The minimum absolute atomic E-state index is 0.937. The van der Waals surface area contributed by atoms with Crippen molar-refractivity contribution >= 4 is 0 Å². The van der Waals surface area contributed by atoms with E-state index in [0.29, 0.717) is 0 Å². The van der Waals surface area contributed by atoms with Crippen molar-refractivity contribution in [3.05, 3.63) is 72.4 Å². The highest BCUT2D eigenvalue weighted by atomic mass is 15.1. The number of hydrogen-bond donors (Lipinski definition) is 0. The summed E-state index contributed by atoms with van der Waals surface area (Å²) in [5, 5.41) is 8.43. The Morgan fingerprint density at radius 1 is 0.737 bits per heavy atom.